The van der Waals surface area contributed by atoms with Crippen LogP contribution in [0.2, 0.25) is 5.02 Å². The molecule has 0 saturated heterocycles. The van der Waals surface area contributed by atoms with E-state index in [1.165, 1.54) is 11.1 Å². The molecule has 2 unspecified atom stereocenters. The summed E-state index contributed by atoms with van der Waals surface area (Å²) in [5.74, 6) is 1.20. The molecule has 4 nitrogen and oxygen atoms in total. The van der Waals surface area contributed by atoms with Crippen LogP contribution in [0.4, 0.5) is 0 Å². The molecule has 1 aliphatic rings. The third-order valence-electron chi connectivity index (χ3n) is 6.17. The Morgan fingerprint density at radius 1 is 1.27 bits per heavy atom. The Morgan fingerprint density at radius 3 is 2.55 bits per heavy atom. The van der Waals surface area contributed by atoms with Crippen molar-refractivity contribution in [3.8, 4) is 6.07 Å². The number of halogens is 1. The number of allylic oxidation sites excluding steroid dienone is 7. The molecule has 7 heteroatoms. The first-order valence-corrected chi connectivity index (χ1v) is 15.4. The number of benzene rings is 1. The predicted molar refractivity (Wildman–Crippen MR) is 181 cm³/mol. The zero-order valence-corrected chi connectivity index (χ0v) is 26.9. The molecule has 1 aromatic carbocycles. The van der Waals surface area contributed by atoms with Crippen molar-refractivity contribution < 1.29 is 4.74 Å². The molecular formula is C33H42ClN3OS2. The molecule has 40 heavy (non-hydrogen) atoms. The number of rotatable bonds is 10. The van der Waals surface area contributed by atoms with Crippen molar-refractivity contribution in [3.63, 3.8) is 0 Å². The number of thiocarbonyl (C=S) groups is 1. The van der Waals surface area contributed by atoms with Gasteiger partial charge in [0.1, 0.15) is 0 Å². The standard InChI is InChI=1S/C19H23ClN2S.C10H11NS.C4H8O/c1-5-8-14(6-2)19(22(7-3)12-23)18-13(4)16-11-15(20)9-10-17(16)21-18;1-12-8-10-4-2-3-9(7-11)5-6-10;1-3-4-5-2/h5-6,8-12,14,19,21H,2,7H2,1,3-4H3;3-6H,2,8H2,1H3;3-4H,1-2H3/b8-5-;;4-3+. The smallest absolute Gasteiger partial charge is 0.0988 e. The van der Waals surface area contributed by atoms with Crippen LogP contribution in [-0.2, 0) is 4.74 Å². The van der Waals surface area contributed by atoms with E-state index in [1.54, 1.807) is 30.6 Å². The predicted octanol–water partition coefficient (Wildman–Crippen LogP) is 9.68. The number of thioether (sulfide) groups is 1. The lowest BCUT2D eigenvalue weighted by Crippen LogP contribution is -2.31. The fraction of sp³-hybridized carbons (Fsp3) is 0.333. The van der Waals surface area contributed by atoms with E-state index in [1.807, 2.05) is 62.4 Å². The molecule has 0 amide bonds. The summed E-state index contributed by atoms with van der Waals surface area (Å²) in [5.41, 5.74) is 7.28. The van der Waals surface area contributed by atoms with Gasteiger partial charge in [-0.2, -0.15) is 17.0 Å². The van der Waals surface area contributed by atoms with Gasteiger partial charge in [-0.1, -0.05) is 66.4 Å². The molecule has 0 radical (unpaired) electrons. The lowest BCUT2D eigenvalue weighted by molar-refractivity contribution is 0.301. The molecule has 0 saturated carbocycles. The van der Waals surface area contributed by atoms with Crippen molar-refractivity contribution in [2.75, 3.05) is 25.7 Å². The number of nitrogens with one attached hydrogen (secondary N) is 1. The second-order valence-corrected chi connectivity index (χ2v) is 10.3. The Labute approximate surface area is 255 Å². The zero-order valence-electron chi connectivity index (χ0n) is 24.5. The number of fused-ring (bicyclic) bond motifs is 1. The number of ether oxygens (including phenoxy) is 1. The van der Waals surface area contributed by atoms with Crippen LogP contribution in [0.25, 0.3) is 10.9 Å². The molecule has 1 N–H and O–H groups in total. The second-order valence-electron chi connectivity index (χ2n) is 8.83. The maximum atomic E-state index is 8.63. The molecule has 0 spiro atoms. The average Bonchev–Trinajstić information content (AvgIpc) is 3.11. The topological polar surface area (TPSA) is 52.0 Å². The van der Waals surface area contributed by atoms with Crippen molar-refractivity contribution in [1.82, 2.24) is 9.88 Å². The van der Waals surface area contributed by atoms with E-state index in [0.29, 0.717) is 0 Å². The normalized spacial score (nSPS) is 14.1. The number of hydrogen-bond donors (Lipinski definition) is 1. The van der Waals surface area contributed by atoms with Gasteiger partial charge in [-0.15, -0.1) is 6.58 Å². The molecule has 2 atom stereocenters. The Hall–Kier alpha value is -2.98. The summed E-state index contributed by atoms with van der Waals surface area (Å²) in [5, 5.41) is 10.5. The van der Waals surface area contributed by atoms with Gasteiger partial charge in [-0.3, -0.25) is 0 Å². The van der Waals surface area contributed by atoms with Crippen LogP contribution in [-0.4, -0.2) is 41.0 Å². The second kappa shape index (κ2) is 20.0. The number of aromatic amines is 1. The van der Waals surface area contributed by atoms with E-state index in [4.69, 9.17) is 29.1 Å². The minimum Gasteiger partial charge on any atom is -0.505 e. The van der Waals surface area contributed by atoms with Crippen molar-refractivity contribution in [2.45, 2.75) is 40.2 Å². The number of aromatic nitrogens is 1. The quantitative estimate of drug-likeness (QED) is 0.168. The van der Waals surface area contributed by atoms with Crippen molar-refractivity contribution in [3.05, 3.63) is 107 Å². The Kier molecular flexibility index (Phi) is 17.5. The van der Waals surface area contributed by atoms with Crippen molar-refractivity contribution in [1.29, 1.82) is 5.26 Å². The fourth-order valence-electron chi connectivity index (χ4n) is 4.23. The van der Waals surface area contributed by atoms with E-state index in [0.717, 1.165) is 45.9 Å². The lowest BCUT2D eigenvalue weighted by Gasteiger charge is -2.32. The summed E-state index contributed by atoms with van der Waals surface area (Å²) in [6.07, 6.45) is 20.6. The molecule has 0 aliphatic heterocycles. The van der Waals surface area contributed by atoms with Gasteiger partial charge in [-0.25, -0.2) is 0 Å². The van der Waals surface area contributed by atoms with Gasteiger partial charge < -0.3 is 14.6 Å². The minimum absolute atomic E-state index is 0.0948. The molecule has 0 fully saturated rings. The summed E-state index contributed by atoms with van der Waals surface area (Å²) in [6, 6.07) is 8.18. The van der Waals surface area contributed by atoms with Crippen LogP contribution in [0.1, 0.15) is 44.5 Å². The number of nitrogens with zero attached hydrogens (tertiary/aromatic N) is 2. The maximum absolute atomic E-state index is 8.63. The van der Waals surface area contributed by atoms with E-state index in [2.05, 4.69) is 65.6 Å². The van der Waals surface area contributed by atoms with Crippen LogP contribution < -0.4 is 0 Å². The summed E-state index contributed by atoms with van der Waals surface area (Å²) >= 11 is 13.2. The van der Waals surface area contributed by atoms with E-state index in [-0.39, 0.29) is 12.0 Å². The average molecular weight is 596 g/mol. The Balaban J connectivity index is 0.000000391. The highest BCUT2D eigenvalue weighted by Gasteiger charge is 2.27. The van der Waals surface area contributed by atoms with Gasteiger partial charge in [0, 0.05) is 45.4 Å². The molecule has 2 aromatic rings. The highest BCUT2D eigenvalue weighted by molar-refractivity contribution is 7.98. The van der Waals surface area contributed by atoms with Crippen LogP contribution in [0.15, 0.2) is 90.8 Å². The van der Waals surface area contributed by atoms with E-state index in [9.17, 15) is 0 Å². The number of aryl methyl sites for hydroxylation is 1. The SMILES string of the molecule is C/C=C/OC.C=CC(/C=C\C)C(c1[nH]c2ccc(Cl)cc2c1C)N(C=S)CC.CSCC1=CCC=C(C#N)C=C1. The number of H-pyrrole nitrogens is 1. The number of methoxy groups -OCH3 is 1. The van der Waals surface area contributed by atoms with Crippen LogP contribution in [0.3, 0.4) is 0 Å². The summed E-state index contributed by atoms with van der Waals surface area (Å²) in [4.78, 5) is 5.73. The zero-order chi connectivity index (χ0) is 29.9. The fourth-order valence-corrected chi connectivity index (χ4v) is 5.23. The summed E-state index contributed by atoms with van der Waals surface area (Å²) in [7, 11) is 1.62. The Bertz CT molecular complexity index is 1280. The third-order valence-corrected chi connectivity index (χ3v) is 7.30. The van der Waals surface area contributed by atoms with Gasteiger partial charge in [0.15, 0.2) is 0 Å². The monoisotopic (exact) mass is 595 g/mol. The largest absolute Gasteiger partial charge is 0.505 e. The molecule has 214 valence electrons. The molecule has 1 heterocycles. The maximum Gasteiger partial charge on any atom is 0.0988 e. The van der Waals surface area contributed by atoms with Crippen LogP contribution >= 0.6 is 35.6 Å². The van der Waals surface area contributed by atoms with Gasteiger partial charge in [0.05, 0.1) is 31.0 Å². The number of nitriles is 1. The van der Waals surface area contributed by atoms with Gasteiger partial charge in [-0.05, 0) is 75.8 Å². The van der Waals surface area contributed by atoms with Gasteiger partial charge in [0.2, 0.25) is 0 Å². The molecular weight excluding hydrogens is 554 g/mol. The molecule has 0 bridgehead atoms. The Morgan fingerprint density at radius 2 is 2.02 bits per heavy atom. The third kappa shape index (κ3) is 10.9. The van der Waals surface area contributed by atoms with Gasteiger partial charge in [0.25, 0.3) is 0 Å². The highest BCUT2D eigenvalue weighted by atomic mass is 35.5. The highest BCUT2D eigenvalue weighted by Crippen LogP contribution is 2.35. The van der Waals surface area contributed by atoms with Crippen LogP contribution in [0.5, 0.6) is 0 Å². The van der Waals surface area contributed by atoms with E-state index < -0.39 is 0 Å². The van der Waals surface area contributed by atoms with Crippen LogP contribution in [0, 0.1) is 24.2 Å². The van der Waals surface area contributed by atoms with E-state index >= 15 is 0 Å². The first kappa shape index (κ1) is 35.0. The first-order valence-electron chi connectivity index (χ1n) is 13.2. The summed E-state index contributed by atoms with van der Waals surface area (Å²) in [6.45, 7) is 13.0. The molecule has 1 aliphatic carbocycles. The van der Waals surface area contributed by atoms with Gasteiger partial charge >= 0.3 is 0 Å². The van der Waals surface area contributed by atoms with Crippen molar-refractivity contribution in [2.24, 2.45) is 5.92 Å². The summed E-state index contributed by atoms with van der Waals surface area (Å²) < 4.78 is 4.51. The minimum atomic E-state index is 0.0948. The molecule has 1 aromatic heterocycles. The lowest BCUT2D eigenvalue weighted by atomic mass is 9.92. The number of hydrogen-bond acceptors (Lipinski definition) is 4. The first-order chi connectivity index (χ1) is 19.3. The van der Waals surface area contributed by atoms with Crippen molar-refractivity contribution >= 4 is 52.0 Å². The molecule has 3 rings (SSSR count).